The van der Waals surface area contributed by atoms with Gasteiger partial charge in [-0.15, -0.1) is 0 Å². The number of nitrogens with one attached hydrogen (secondary N) is 1. The monoisotopic (exact) mass is 266 g/mol. The molecule has 98 valence electrons. The summed E-state index contributed by atoms with van der Waals surface area (Å²) in [7, 11) is 0. The second-order valence-corrected chi connectivity index (χ2v) is 6.43. The van der Waals surface area contributed by atoms with Crippen LogP contribution < -0.4 is 5.32 Å². The van der Waals surface area contributed by atoms with Gasteiger partial charge in [0.15, 0.2) is 5.17 Å². The number of aliphatic imine (C=N–C) groups is 1. The van der Waals surface area contributed by atoms with Crippen LogP contribution in [0, 0.1) is 19.7 Å². The summed E-state index contributed by atoms with van der Waals surface area (Å²) < 4.78 is 13.5. The van der Waals surface area contributed by atoms with Gasteiger partial charge in [-0.25, -0.2) is 4.39 Å². The van der Waals surface area contributed by atoms with Crippen LogP contribution in [0.2, 0.25) is 0 Å². The molecule has 4 heteroatoms. The summed E-state index contributed by atoms with van der Waals surface area (Å²) >= 11 is 1.74. The van der Waals surface area contributed by atoms with Gasteiger partial charge >= 0.3 is 0 Å². The lowest BCUT2D eigenvalue weighted by Crippen LogP contribution is -2.36. The van der Waals surface area contributed by atoms with Crippen molar-refractivity contribution in [3.05, 3.63) is 34.6 Å². The maximum absolute atomic E-state index is 13.5. The first kappa shape index (κ1) is 13.4. The Balaban J connectivity index is 2.09. The van der Waals surface area contributed by atoms with E-state index in [0.717, 1.165) is 16.5 Å². The first-order valence-electron chi connectivity index (χ1n) is 6.08. The van der Waals surface area contributed by atoms with Gasteiger partial charge in [-0.05, 0) is 44.4 Å². The number of amidine groups is 1. The van der Waals surface area contributed by atoms with Crippen molar-refractivity contribution in [2.24, 2.45) is 4.99 Å². The van der Waals surface area contributed by atoms with Crippen LogP contribution in [0.1, 0.15) is 30.5 Å². The Hall–Kier alpha value is -1.03. The molecule has 0 radical (unpaired) electrons. The van der Waals surface area contributed by atoms with Crippen molar-refractivity contribution < 1.29 is 4.39 Å². The predicted molar refractivity (Wildman–Crippen MR) is 76.7 cm³/mol. The van der Waals surface area contributed by atoms with Crippen LogP contribution in [0.4, 0.5) is 4.39 Å². The number of aryl methyl sites for hydroxylation is 2. The van der Waals surface area contributed by atoms with E-state index >= 15 is 0 Å². The lowest BCUT2D eigenvalue weighted by molar-refractivity contribution is 0.536. The van der Waals surface area contributed by atoms with Gasteiger partial charge in [-0.1, -0.05) is 23.9 Å². The molecule has 1 saturated heterocycles. The minimum atomic E-state index is -0.110. The largest absolute Gasteiger partial charge is 0.359 e. The molecule has 0 aromatic heterocycles. The molecule has 0 unspecified atom stereocenters. The molecule has 2 rings (SSSR count). The molecule has 1 heterocycles. The molecule has 0 saturated carbocycles. The molecule has 1 fully saturated rings. The molecule has 0 amide bonds. The minimum Gasteiger partial charge on any atom is -0.359 e. The number of hydrogen-bond acceptors (Lipinski definition) is 2. The summed E-state index contributed by atoms with van der Waals surface area (Å²) in [4.78, 5) is 4.55. The van der Waals surface area contributed by atoms with E-state index in [4.69, 9.17) is 0 Å². The number of nitrogens with zero attached hydrogens (tertiary/aromatic N) is 1. The third kappa shape index (κ3) is 3.05. The molecule has 1 N–H and O–H groups in total. The second kappa shape index (κ2) is 4.92. The molecule has 18 heavy (non-hydrogen) atoms. The van der Waals surface area contributed by atoms with Crippen LogP contribution in [0.3, 0.4) is 0 Å². The van der Waals surface area contributed by atoms with E-state index in [2.05, 4.69) is 24.2 Å². The van der Waals surface area contributed by atoms with Crippen LogP contribution in [-0.4, -0.2) is 16.5 Å². The van der Waals surface area contributed by atoms with Crippen LogP contribution in [0.5, 0.6) is 0 Å². The SMILES string of the molecule is Cc1cc(CN=C2NC(C)(C)CS2)cc(C)c1F. The average Bonchev–Trinajstić information content (AvgIpc) is 2.63. The van der Waals surface area contributed by atoms with Crippen molar-refractivity contribution in [3.8, 4) is 0 Å². The topological polar surface area (TPSA) is 24.4 Å². The summed E-state index contributed by atoms with van der Waals surface area (Å²) in [5.74, 6) is 0.925. The fraction of sp³-hybridized carbons (Fsp3) is 0.500. The van der Waals surface area contributed by atoms with Gasteiger partial charge in [0.2, 0.25) is 0 Å². The summed E-state index contributed by atoms with van der Waals surface area (Å²) in [6, 6.07) is 3.74. The lowest BCUT2D eigenvalue weighted by Gasteiger charge is -2.15. The van der Waals surface area contributed by atoms with Crippen LogP contribution >= 0.6 is 11.8 Å². The number of benzene rings is 1. The van der Waals surface area contributed by atoms with Crippen molar-refractivity contribution in [2.75, 3.05) is 5.75 Å². The highest BCUT2D eigenvalue weighted by molar-refractivity contribution is 8.14. The average molecular weight is 266 g/mol. The number of rotatable bonds is 2. The highest BCUT2D eigenvalue weighted by Gasteiger charge is 2.26. The van der Waals surface area contributed by atoms with Crippen molar-refractivity contribution in [1.82, 2.24) is 5.32 Å². The quantitative estimate of drug-likeness (QED) is 0.887. The molecule has 1 aliphatic heterocycles. The van der Waals surface area contributed by atoms with Gasteiger partial charge in [0.1, 0.15) is 5.82 Å². The van der Waals surface area contributed by atoms with Gasteiger partial charge in [0.25, 0.3) is 0 Å². The molecule has 0 aliphatic carbocycles. The Morgan fingerprint density at radius 2 is 1.94 bits per heavy atom. The lowest BCUT2D eigenvalue weighted by atomic mass is 10.1. The summed E-state index contributed by atoms with van der Waals surface area (Å²) in [6.07, 6.45) is 0. The maximum Gasteiger partial charge on any atom is 0.157 e. The Morgan fingerprint density at radius 1 is 1.33 bits per heavy atom. The highest BCUT2D eigenvalue weighted by atomic mass is 32.2. The smallest absolute Gasteiger partial charge is 0.157 e. The van der Waals surface area contributed by atoms with Gasteiger partial charge in [0, 0.05) is 11.3 Å². The Bertz CT molecular complexity index is 472. The Labute approximate surface area is 112 Å². The zero-order valence-corrected chi connectivity index (χ0v) is 12.1. The highest BCUT2D eigenvalue weighted by Crippen LogP contribution is 2.23. The van der Waals surface area contributed by atoms with E-state index in [0.29, 0.717) is 17.7 Å². The first-order valence-corrected chi connectivity index (χ1v) is 7.07. The third-order valence-corrected chi connectivity index (χ3v) is 4.29. The molecule has 0 spiro atoms. The molecule has 0 bridgehead atoms. The van der Waals surface area contributed by atoms with Gasteiger partial charge in [-0.3, -0.25) is 4.99 Å². The second-order valence-electron chi connectivity index (χ2n) is 5.46. The van der Waals surface area contributed by atoms with E-state index in [1.54, 1.807) is 25.6 Å². The predicted octanol–water partition coefficient (Wildman–Crippen LogP) is 3.41. The Morgan fingerprint density at radius 3 is 2.44 bits per heavy atom. The minimum absolute atomic E-state index is 0.110. The summed E-state index contributed by atoms with van der Waals surface area (Å²) in [5, 5.41) is 4.37. The van der Waals surface area contributed by atoms with Crippen molar-refractivity contribution in [1.29, 1.82) is 0 Å². The summed E-state index contributed by atoms with van der Waals surface area (Å²) in [5.41, 5.74) is 2.57. The van der Waals surface area contributed by atoms with E-state index in [1.807, 2.05) is 12.1 Å². The van der Waals surface area contributed by atoms with Gasteiger partial charge < -0.3 is 5.32 Å². The molecule has 1 aromatic rings. The van der Waals surface area contributed by atoms with E-state index in [1.165, 1.54) is 0 Å². The van der Waals surface area contributed by atoms with Gasteiger partial charge in [-0.2, -0.15) is 0 Å². The van der Waals surface area contributed by atoms with E-state index in [9.17, 15) is 4.39 Å². The van der Waals surface area contributed by atoms with E-state index in [-0.39, 0.29) is 11.4 Å². The van der Waals surface area contributed by atoms with Crippen LogP contribution in [0.25, 0.3) is 0 Å². The zero-order chi connectivity index (χ0) is 13.3. The zero-order valence-electron chi connectivity index (χ0n) is 11.3. The van der Waals surface area contributed by atoms with Crippen molar-refractivity contribution in [3.63, 3.8) is 0 Å². The van der Waals surface area contributed by atoms with Crippen molar-refractivity contribution in [2.45, 2.75) is 39.8 Å². The molecular formula is C14H19FN2S. The molecule has 0 atom stereocenters. The molecule has 2 nitrogen and oxygen atoms in total. The number of hydrogen-bond donors (Lipinski definition) is 1. The Kier molecular flexibility index (Phi) is 3.66. The standard InChI is InChI=1S/C14H19FN2S/c1-9-5-11(6-10(2)12(9)15)7-16-13-17-14(3,4)8-18-13/h5-6H,7-8H2,1-4H3,(H,16,17). The fourth-order valence-corrected chi connectivity index (χ4v) is 3.06. The number of thioether (sulfide) groups is 1. The van der Waals surface area contributed by atoms with Gasteiger partial charge in [0.05, 0.1) is 6.54 Å². The van der Waals surface area contributed by atoms with Crippen molar-refractivity contribution >= 4 is 16.9 Å². The number of halogens is 1. The van der Waals surface area contributed by atoms with E-state index < -0.39 is 0 Å². The molecule has 1 aliphatic rings. The maximum atomic E-state index is 13.5. The van der Waals surface area contributed by atoms with Crippen LogP contribution in [-0.2, 0) is 6.54 Å². The van der Waals surface area contributed by atoms with Crippen LogP contribution in [0.15, 0.2) is 17.1 Å². The summed E-state index contributed by atoms with van der Waals surface area (Å²) in [6.45, 7) is 8.52. The third-order valence-electron chi connectivity index (χ3n) is 2.92. The fourth-order valence-electron chi connectivity index (χ4n) is 1.99. The first-order chi connectivity index (χ1) is 8.37. The molecular weight excluding hydrogens is 247 g/mol. The molecule has 1 aromatic carbocycles. The normalized spacial score (nSPS) is 20.2.